The van der Waals surface area contributed by atoms with Crippen LogP contribution in [0.5, 0.6) is 0 Å². The van der Waals surface area contributed by atoms with Crippen LogP contribution in [0.3, 0.4) is 0 Å². The maximum absolute atomic E-state index is 6.84. The van der Waals surface area contributed by atoms with Crippen molar-refractivity contribution in [3.8, 4) is 39.9 Å². The van der Waals surface area contributed by atoms with Crippen LogP contribution in [-0.2, 0) is 0 Å². The van der Waals surface area contributed by atoms with E-state index in [1.807, 2.05) is 84.9 Å². The van der Waals surface area contributed by atoms with Crippen LogP contribution >= 0.6 is 0 Å². The normalized spacial score (nSPS) is 12.0. The Labute approximate surface area is 313 Å². The molecule has 55 heavy (non-hydrogen) atoms. The number of rotatable bonds is 4. The molecular weight excluding hydrogens is 677 g/mol. The molecule has 0 N–H and O–H groups in total. The van der Waals surface area contributed by atoms with Gasteiger partial charge < -0.3 is 13.4 Å². The van der Waals surface area contributed by atoms with Gasteiger partial charge in [-0.25, -0.2) is 15.0 Å². The molecule has 0 amide bonds. The van der Waals surface area contributed by atoms with E-state index in [0.29, 0.717) is 17.5 Å². The summed E-state index contributed by atoms with van der Waals surface area (Å²) in [5.74, 6) is 1.82. The minimum atomic E-state index is 0.593. The van der Waals surface area contributed by atoms with Gasteiger partial charge >= 0.3 is 0 Å². The predicted molar refractivity (Wildman–Crippen MR) is 223 cm³/mol. The first kappa shape index (κ1) is 29.9. The highest BCUT2D eigenvalue weighted by Gasteiger charge is 2.24. The van der Waals surface area contributed by atoms with E-state index in [1.165, 1.54) is 0 Å². The van der Waals surface area contributed by atoms with Gasteiger partial charge in [0.25, 0.3) is 0 Å². The summed E-state index contributed by atoms with van der Waals surface area (Å²) in [6.45, 7) is 0. The summed E-state index contributed by atoms with van der Waals surface area (Å²) in [6.07, 6.45) is 0. The van der Waals surface area contributed by atoms with Crippen LogP contribution in [0.4, 0.5) is 0 Å². The van der Waals surface area contributed by atoms with Crippen molar-refractivity contribution in [3.05, 3.63) is 170 Å². The van der Waals surface area contributed by atoms with Gasteiger partial charge in [-0.2, -0.15) is 0 Å². The van der Waals surface area contributed by atoms with Crippen molar-refractivity contribution in [3.63, 3.8) is 0 Å². The largest absolute Gasteiger partial charge is 0.456 e. The van der Waals surface area contributed by atoms with Crippen molar-refractivity contribution in [2.24, 2.45) is 0 Å². The fourth-order valence-corrected chi connectivity index (χ4v) is 8.45. The van der Waals surface area contributed by atoms with Crippen molar-refractivity contribution in [2.45, 2.75) is 0 Å². The molecule has 4 heterocycles. The first-order valence-corrected chi connectivity index (χ1v) is 18.4. The van der Waals surface area contributed by atoms with Crippen LogP contribution in [-0.4, -0.2) is 19.5 Å². The molecule has 0 saturated carbocycles. The van der Waals surface area contributed by atoms with Crippen molar-refractivity contribution in [2.75, 3.05) is 0 Å². The molecule has 256 valence electrons. The van der Waals surface area contributed by atoms with E-state index in [9.17, 15) is 0 Å². The summed E-state index contributed by atoms with van der Waals surface area (Å²) in [4.78, 5) is 15.4. The predicted octanol–water partition coefficient (Wildman–Crippen LogP) is 12.9. The quantitative estimate of drug-likeness (QED) is 0.182. The Morgan fingerprint density at radius 2 is 0.964 bits per heavy atom. The zero-order valence-electron chi connectivity index (χ0n) is 29.3. The highest BCUT2D eigenvalue weighted by molar-refractivity contribution is 6.28. The summed E-state index contributed by atoms with van der Waals surface area (Å²) < 4.78 is 15.6. The maximum atomic E-state index is 6.84. The van der Waals surface area contributed by atoms with E-state index in [1.54, 1.807) is 0 Å². The fraction of sp³-hybridized carbons (Fsp3) is 0. The molecule has 0 fully saturated rings. The fourth-order valence-electron chi connectivity index (χ4n) is 8.45. The Hall–Kier alpha value is -7.57. The Bertz CT molecular complexity index is 3430. The Balaban J connectivity index is 1.23. The minimum Gasteiger partial charge on any atom is -0.456 e. The van der Waals surface area contributed by atoms with Crippen LogP contribution in [0.1, 0.15) is 0 Å². The number of furan rings is 2. The highest BCUT2D eigenvalue weighted by atomic mass is 16.3. The first-order chi connectivity index (χ1) is 27.3. The summed E-state index contributed by atoms with van der Waals surface area (Å²) in [7, 11) is 0. The molecule has 8 aromatic carbocycles. The van der Waals surface area contributed by atoms with Gasteiger partial charge in [0.05, 0.1) is 16.7 Å². The molecule has 12 rings (SSSR count). The average Bonchev–Trinajstić information content (AvgIpc) is 3.93. The average molecular weight is 705 g/mol. The second-order valence-electron chi connectivity index (χ2n) is 13.9. The number of aromatic nitrogens is 4. The lowest BCUT2D eigenvalue weighted by atomic mass is 9.98. The smallest absolute Gasteiger partial charge is 0.164 e. The summed E-state index contributed by atoms with van der Waals surface area (Å²) in [5.41, 5.74) is 9.31. The van der Waals surface area contributed by atoms with Gasteiger partial charge in [-0.15, -0.1) is 0 Å². The standard InChI is InChI=1S/C49H28N4O2/c1-3-14-29(15-4-1)47-50-48(30-16-5-2-6-17-30)52-49(51-47)36-28-35-31-18-8-11-24-40(31)55-46(35)44-32(36)21-13-23-38(44)53-37-22-10-7-19-33(37)43-39(53)26-27-42-45(43)34-20-9-12-25-41(34)54-42/h1-28H. The molecule has 0 saturated heterocycles. The molecule has 0 aliphatic heterocycles. The third-order valence-corrected chi connectivity index (χ3v) is 10.8. The van der Waals surface area contributed by atoms with Crippen LogP contribution in [0.15, 0.2) is 179 Å². The van der Waals surface area contributed by atoms with E-state index in [-0.39, 0.29) is 0 Å². The topological polar surface area (TPSA) is 69.9 Å². The van der Waals surface area contributed by atoms with Crippen LogP contribution in [0.25, 0.3) is 116 Å². The third-order valence-electron chi connectivity index (χ3n) is 10.8. The Kier molecular flexibility index (Phi) is 6.24. The van der Waals surface area contributed by atoms with Crippen molar-refractivity contribution >= 4 is 76.5 Å². The van der Waals surface area contributed by atoms with Crippen LogP contribution in [0, 0.1) is 0 Å². The number of fused-ring (bicyclic) bond motifs is 12. The van der Waals surface area contributed by atoms with Crippen molar-refractivity contribution in [1.82, 2.24) is 19.5 Å². The lowest BCUT2D eigenvalue weighted by Crippen LogP contribution is -2.01. The summed E-state index contributed by atoms with van der Waals surface area (Å²) in [6, 6.07) is 58.3. The van der Waals surface area contributed by atoms with Gasteiger partial charge in [0, 0.05) is 54.4 Å². The van der Waals surface area contributed by atoms with Gasteiger partial charge in [-0.1, -0.05) is 127 Å². The number of hydrogen-bond acceptors (Lipinski definition) is 5. The minimum absolute atomic E-state index is 0.593. The summed E-state index contributed by atoms with van der Waals surface area (Å²) >= 11 is 0. The van der Waals surface area contributed by atoms with Gasteiger partial charge in [-0.05, 0) is 47.9 Å². The first-order valence-electron chi connectivity index (χ1n) is 18.4. The SMILES string of the molecule is c1ccc(-c2nc(-c3ccccc3)nc(-c3cc4c5ccccc5oc4c4c(-n5c6ccccc6c6c7c(ccc65)oc5ccccc57)cccc34)n2)cc1. The molecule has 0 aliphatic rings. The Morgan fingerprint density at radius 1 is 0.364 bits per heavy atom. The lowest BCUT2D eigenvalue weighted by Gasteiger charge is -2.15. The summed E-state index contributed by atoms with van der Waals surface area (Å²) in [5, 5.41) is 8.52. The molecule has 4 aromatic heterocycles. The number of benzene rings is 8. The lowest BCUT2D eigenvalue weighted by molar-refractivity contribution is 0.669. The monoisotopic (exact) mass is 704 g/mol. The molecule has 0 radical (unpaired) electrons. The van der Waals surface area contributed by atoms with E-state index in [4.69, 9.17) is 23.8 Å². The molecule has 0 unspecified atom stereocenters. The van der Waals surface area contributed by atoms with Gasteiger partial charge in [0.2, 0.25) is 0 Å². The zero-order valence-corrected chi connectivity index (χ0v) is 29.3. The van der Waals surface area contributed by atoms with E-state index in [0.717, 1.165) is 98.8 Å². The molecule has 6 heteroatoms. The van der Waals surface area contributed by atoms with Crippen LogP contribution < -0.4 is 0 Å². The zero-order chi connectivity index (χ0) is 36.0. The molecular formula is C49H28N4O2. The van der Waals surface area contributed by atoms with Gasteiger partial charge in [0.1, 0.15) is 22.3 Å². The third kappa shape index (κ3) is 4.39. The van der Waals surface area contributed by atoms with Crippen molar-refractivity contribution < 1.29 is 8.83 Å². The number of para-hydroxylation sites is 3. The van der Waals surface area contributed by atoms with E-state index >= 15 is 0 Å². The molecule has 0 aliphatic carbocycles. The Morgan fingerprint density at radius 3 is 1.71 bits per heavy atom. The van der Waals surface area contributed by atoms with Gasteiger partial charge in [-0.3, -0.25) is 0 Å². The molecule has 0 bridgehead atoms. The molecule has 0 atom stereocenters. The second-order valence-corrected chi connectivity index (χ2v) is 13.9. The van der Waals surface area contributed by atoms with Gasteiger partial charge in [0.15, 0.2) is 17.5 Å². The van der Waals surface area contributed by atoms with E-state index < -0.39 is 0 Å². The number of hydrogen-bond donors (Lipinski definition) is 0. The molecule has 6 nitrogen and oxygen atoms in total. The number of nitrogens with zero attached hydrogens (tertiary/aromatic N) is 4. The molecule has 0 spiro atoms. The molecule has 12 aromatic rings. The second kappa shape index (κ2) is 11.5. The highest BCUT2D eigenvalue weighted by Crippen LogP contribution is 2.46. The van der Waals surface area contributed by atoms with E-state index in [2.05, 4.69) is 89.5 Å². The van der Waals surface area contributed by atoms with Crippen molar-refractivity contribution in [1.29, 1.82) is 0 Å². The van der Waals surface area contributed by atoms with Crippen LogP contribution in [0.2, 0.25) is 0 Å². The maximum Gasteiger partial charge on any atom is 0.164 e.